The number of anilines is 3. The predicted molar refractivity (Wildman–Crippen MR) is 242 cm³/mol. The summed E-state index contributed by atoms with van der Waals surface area (Å²) in [5, 5.41) is 5.19. The van der Waals surface area contributed by atoms with Gasteiger partial charge in [-0.1, -0.05) is 135 Å². The number of benzene rings is 8. The fourth-order valence-electron chi connectivity index (χ4n) is 13.6. The van der Waals surface area contributed by atoms with Gasteiger partial charge in [-0.2, -0.15) is 0 Å². The molecule has 1 spiro atoms. The highest BCUT2D eigenvalue weighted by Crippen LogP contribution is 2.69. The third kappa shape index (κ3) is 4.43. The van der Waals surface area contributed by atoms with E-state index in [4.69, 9.17) is 0 Å². The highest BCUT2D eigenvalue weighted by molar-refractivity contribution is 6.08. The third-order valence-corrected chi connectivity index (χ3v) is 15.8. The zero-order valence-corrected chi connectivity index (χ0v) is 33.4. The lowest BCUT2D eigenvalue weighted by atomic mass is 9.43. The summed E-state index contributed by atoms with van der Waals surface area (Å²) in [6, 6.07) is 62.9. The Bertz CT molecular complexity index is 2970. The fourth-order valence-corrected chi connectivity index (χ4v) is 13.6. The standard InChI is InChI=1S/C57H47N/c1-56(2)52-13-7-5-11-48(52)50-25-22-44(33-54(50)56)58(43-20-17-37(18-21-43)39-19-24-47-40(32-39)16-15-38-9-3-4-10-46(38)47)45-23-26-51-49-12-6-8-14-53(49)57(55(51)34-45)41-28-35-27-36(30-41)31-42(57)29-35/h3-26,32-36,41-42H,27-31H2,1-2H3. The molecule has 0 amide bonds. The summed E-state index contributed by atoms with van der Waals surface area (Å²) in [4.78, 5) is 2.56. The average Bonchev–Trinajstić information content (AvgIpc) is 3.67. The van der Waals surface area contributed by atoms with Crippen molar-refractivity contribution >= 4 is 38.6 Å². The molecular weight excluding hydrogens is 699 g/mol. The van der Waals surface area contributed by atoms with Crippen LogP contribution in [0.5, 0.6) is 0 Å². The monoisotopic (exact) mass is 745 g/mol. The van der Waals surface area contributed by atoms with Gasteiger partial charge in [0, 0.05) is 27.9 Å². The molecule has 1 heteroatoms. The van der Waals surface area contributed by atoms with Gasteiger partial charge in [0.2, 0.25) is 0 Å². The van der Waals surface area contributed by atoms with Gasteiger partial charge in [-0.25, -0.2) is 0 Å². The maximum absolute atomic E-state index is 2.65. The van der Waals surface area contributed by atoms with Crippen molar-refractivity contribution in [3.8, 4) is 33.4 Å². The Morgan fingerprint density at radius 3 is 1.67 bits per heavy atom. The lowest BCUT2D eigenvalue weighted by Gasteiger charge is -2.61. The highest BCUT2D eigenvalue weighted by Gasteiger charge is 2.61. The molecule has 4 fully saturated rings. The minimum absolute atomic E-state index is 0.0805. The second kappa shape index (κ2) is 11.8. The third-order valence-electron chi connectivity index (χ3n) is 15.8. The molecule has 0 heterocycles. The smallest absolute Gasteiger partial charge is 0.0465 e. The molecule has 1 nitrogen and oxygen atoms in total. The van der Waals surface area contributed by atoms with Crippen LogP contribution in [-0.4, -0.2) is 0 Å². The van der Waals surface area contributed by atoms with E-state index in [0.29, 0.717) is 0 Å². The van der Waals surface area contributed by atoms with Crippen molar-refractivity contribution in [3.05, 3.63) is 186 Å². The molecule has 58 heavy (non-hydrogen) atoms. The second-order valence-electron chi connectivity index (χ2n) is 19.0. The Balaban J connectivity index is 0.970. The van der Waals surface area contributed by atoms with E-state index in [1.165, 1.54) is 115 Å². The Labute approximate surface area is 342 Å². The molecule has 8 aromatic carbocycles. The average molecular weight is 746 g/mol. The zero-order valence-electron chi connectivity index (χ0n) is 33.4. The first kappa shape index (κ1) is 33.1. The first-order valence-electron chi connectivity index (χ1n) is 21.8. The van der Waals surface area contributed by atoms with Crippen molar-refractivity contribution in [2.75, 3.05) is 4.90 Å². The van der Waals surface area contributed by atoms with Gasteiger partial charge < -0.3 is 4.90 Å². The summed E-state index contributed by atoms with van der Waals surface area (Å²) in [7, 11) is 0. The topological polar surface area (TPSA) is 3.24 Å². The molecule has 0 aromatic heterocycles. The highest BCUT2D eigenvalue weighted by atomic mass is 15.1. The molecule has 0 aliphatic heterocycles. The molecule has 0 saturated heterocycles. The molecule has 0 N–H and O–H groups in total. The molecule has 4 saturated carbocycles. The number of fused-ring (bicyclic) bond motifs is 9. The number of hydrogen-bond acceptors (Lipinski definition) is 1. The van der Waals surface area contributed by atoms with E-state index < -0.39 is 0 Å². The molecule has 6 aliphatic carbocycles. The van der Waals surface area contributed by atoms with E-state index in [2.05, 4.69) is 183 Å². The summed E-state index contributed by atoms with van der Waals surface area (Å²) in [5.74, 6) is 3.30. The molecule has 0 unspecified atom stereocenters. The normalized spacial score (nSPS) is 23.9. The van der Waals surface area contributed by atoms with Crippen molar-refractivity contribution in [3.63, 3.8) is 0 Å². The van der Waals surface area contributed by atoms with E-state index >= 15 is 0 Å². The minimum atomic E-state index is -0.0805. The number of rotatable bonds is 4. The molecule has 0 radical (unpaired) electrons. The summed E-state index contributed by atoms with van der Waals surface area (Å²) in [6.07, 6.45) is 7.03. The van der Waals surface area contributed by atoms with Crippen LogP contribution in [0.3, 0.4) is 0 Å². The van der Waals surface area contributed by atoms with E-state index in [1.54, 1.807) is 11.1 Å². The zero-order chi connectivity index (χ0) is 38.3. The SMILES string of the molecule is CC1(C)c2ccccc2-c2ccc(N(c3ccc(-c4ccc5c(ccc6ccccc65)c4)cc3)c3ccc4c(c3)C3(c5ccccc5-4)C4CC5CC(C4)CC3C5)cc21. The summed E-state index contributed by atoms with van der Waals surface area (Å²) in [5.41, 5.74) is 17.9. The van der Waals surface area contributed by atoms with Gasteiger partial charge in [0.05, 0.1) is 0 Å². The van der Waals surface area contributed by atoms with Crippen LogP contribution in [-0.2, 0) is 10.8 Å². The molecule has 6 aliphatic rings. The molecule has 8 aromatic rings. The summed E-state index contributed by atoms with van der Waals surface area (Å²) >= 11 is 0. The van der Waals surface area contributed by atoms with Gasteiger partial charge in [-0.05, 0) is 175 Å². The summed E-state index contributed by atoms with van der Waals surface area (Å²) in [6.45, 7) is 4.80. The lowest BCUT2D eigenvalue weighted by molar-refractivity contribution is -0.0399. The Kier molecular flexibility index (Phi) is 6.75. The quantitative estimate of drug-likeness (QED) is 0.162. The number of hydrogen-bond donors (Lipinski definition) is 0. The van der Waals surface area contributed by atoms with Crippen LogP contribution in [0.1, 0.15) is 68.2 Å². The van der Waals surface area contributed by atoms with Gasteiger partial charge in [-0.15, -0.1) is 0 Å². The van der Waals surface area contributed by atoms with Gasteiger partial charge in [0.25, 0.3) is 0 Å². The van der Waals surface area contributed by atoms with Crippen LogP contribution in [0.15, 0.2) is 164 Å². The van der Waals surface area contributed by atoms with Crippen molar-refractivity contribution in [1.82, 2.24) is 0 Å². The summed E-state index contributed by atoms with van der Waals surface area (Å²) < 4.78 is 0. The predicted octanol–water partition coefficient (Wildman–Crippen LogP) is 15.2. The molecule has 0 atom stereocenters. The minimum Gasteiger partial charge on any atom is -0.310 e. The van der Waals surface area contributed by atoms with Crippen molar-refractivity contribution in [2.24, 2.45) is 23.7 Å². The molecule has 4 bridgehead atoms. The second-order valence-corrected chi connectivity index (χ2v) is 19.0. The van der Waals surface area contributed by atoms with E-state index in [1.807, 2.05) is 0 Å². The van der Waals surface area contributed by atoms with Gasteiger partial charge >= 0.3 is 0 Å². The Hall–Kier alpha value is -5.92. The Morgan fingerprint density at radius 2 is 0.931 bits per heavy atom. The van der Waals surface area contributed by atoms with Crippen molar-refractivity contribution in [1.29, 1.82) is 0 Å². The number of nitrogens with zero attached hydrogens (tertiary/aromatic N) is 1. The van der Waals surface area contributed by atoms with Crippen LogP contribution in [0.25, 0.3) is 54.9 Å². The van der Waals surface area contributed by atoms with E-state index in [-0.39, 0.29) is 10.8 Å². The molecular formula is C57H47N. The van der Waals surface area contributed by atoms with Crippen LogP contribution in [0, 0.1) is 23.7 Å². The molecule has 280 valence electrons. The van der Waals surface area contributed by atoms with Crippen LogP contribution in [0.2, 0.25) is 0 Å². The van der Waals surface area contributed by atoms with Crippen molar-refractivity contribution < 1.29 is 0 Å². The van der Waals surface area contributed by atoms with Crippen LogP contribution >= 0.6 is 0 Å². The first-order valence-corrected chi connectivity index (χ1v) is 21.8. The first-order chi connectivity index (χ1) is 28.4. The van der Waals surface area contributed by atoms with Crippen LogP contribution < -0.4 is 4.90 Å². The van der Waals surface area contributed by atoms with Gasteiger partial charge in [0.1, 0.15) is 0 Å². The molecule has 14 rings (SSSR count). The largest absolute Gasteiger partial charge is 0.310 e. The Morgan fingerprint density at radius 1 is 0.397 bits per heavy atom. The maximum Gasteiger partial charge on any atom is 0.0465 e. The van der Waals surface area contributed by atoms with Gasteiger partial charge in [-0.3, -0.25) is 0 Å². The fraction of sp³-hybridized carbons (Fsp3) is 0.228. The van der Waals surface area contributed by atoms with Crippen molar-refractivity contribution in [2.45, 2.75) is 56.8 Å². The van der Waals surface area contributed by atoms with E-state index in [9.17, 15) is 0 Å². The maximum atomic E-state index is 2.65. The lowest BCUT2D eigenvalue weighted by Crippen LogP contribution is -2.55. The van der Waals surface area contributed by atoms with Gasteiger partial charge in [0.15, 0.2) is 0 Å². The van der Waals surface area contributed by atoms with E-state index in [0.717, 1.165) is 23.7 Å². The van der Waals surface area contributed by atoms with Crippen LogP contribution in [0.4, 0.5) is 17.1 Å².